The zero-order valence-corrected chi connectivity index (χ0v) is 15.5. The minimum absolute atomic E-state index is 0.0198. The monoisotopic (exact) mass is 338 g/mol. The van der Waals surface area contributed by atoms with Crippen molar-refractivity contribution in [3.05, 3.63) is 46.9 Å². The van der Waals surface area contributed by atoms with Crippen molar-refractivity contribution in [1.82, 2.24) is 14.9 Å². The maximum atomic E-state index is 12.5. The van der Waals surface area contributed by atoms with Gasteiger partial charge >= 0.3 is 0 Å². The minimum atomic E-state index is -0.0198. The zero-order chi connectivity index (χ0) is 18.0. The molecule has 0 radical (unpaired) electrons. The maximum absolute atomic E-state index is 12.5. The zero-order valence-electron chi connectivity index (χ0n) is 15.5. The minimum Gasteiger partial charge on any atom is -0.339 e. The summed E-state index contributed by atoms with van der Waals surface area (Å²) in [4.78, 5) is 23.1. The molecule has 1 N–H and O–H groups in total. The van der Waals surface area contributed by atoms with Crippen LogP contribution >= 0.6 is 0 Å². The molecule has 1 saturated heterocycles. The summed E-state index contributed by atoms with van der Waals surface area (Å²) in [5, 5.41) is 3.32. The SMILES string of the molecule is Cc1cc(C)c(Nc2cnc(C(=O)N3CCC(C)CC3)cn2)c(C)c1. The number of nitrogens with zero attached hydrogens (tertiary/aromatic N) is 3. The van der Waals surface area contributed by atoms with Gasteiger partial charge in [-0.1, -0.05) is 24.6 Å². The molecule has 0 bridgehead atoms. The molecule has 2 aromatic rings. The number of aryl methyl sites for hydroxylation is 3. The van der Waals surface area contributed by atoms with Crippen LogP contribution < -0.4 is 5.32 Å². The lowest BCUT2D eigenvalue weighted by atomic mass is 9.99. The first kappa shape index (κ1) is 17.4. The molecule has 132 valence electrons. The second kappa shape index (κ2) is 7.21. The molecule has 0 aliphatic carbocycles. The summed E-state index contributed by atoms with van der Waals surface area (Å²) >= 11 is 0. The first-order valence-electron chi connectivity index (χ1n) is 8.90. The van der Waals surface area contributed by atoms with E-state index in [0.717, 1.165) is 31.6 Å². The van der Waals surface area contributed by atoms with Crippen LogP contribution in [-0.2, 0) is 0 Å². The Morgan fingerprint density at radius 2 is 1.72 bits per heavy atom. The van der Waals surface area contributed by atoms with Gasteiger partial charge in [-0.25, -0.2) is 9.97 Å². The Bertz CT molecular complexity index is 739. The van der Waals surface area contributed by atoms with Crippen molar-refractivity contribution in [2.24, 2.45) is 5.92 Å². The summed E-state index contributed by atoms with van der Waals surface area (Å²) in [6.45, 7) is 10.1. The van der Waals surface area contributed by atoms with Crippen LogP contribution in [0.2, 0.25) is 0 Å². The fourth-order valence-corrected chi connectivity index (χ4v) is 3.38. The van der Waals surface area contributed by atoms with Crippen molar-refractivity contribution >= 4 is 17.4 Å². The predicted molar refractivity (Wildman–Crippen MR) is 100 cm³/mol. The number of likely N-dealkylation sites (tertiary alicyclic amines) is 1. The van der Waals surface area contributed by atoms with Crippen LogP contribution in [0.1, 0.15) is 46.9 Å². The molecular formula is C20H26N4O. The molecule has 0 saturated carbocycles. The summed E-state index contributed by atoms with van der Waals surface area (Å²) < 4.78 is 0. The first-order chi connectivity index (χ1) is 11.9. The fraction of sp³-hybridized carbons (Fsp3) is 0.450. The van der Waals surface area contributed by atoms with E-state index in [1.807, 2.05) is 4.90 Å². The van der Waals surface area contributed by atoms with Crippen molar-refractivity contribution in [2.75, 3.05) is 18.4 Å². The average molecular weight is 338 g/mol. The van der Waals surface area contributed by atoms with Crippen molar-refractivity contribution in [1.29, 1.82) is 0 Å². The van der Waals surface area contributed by atoms with E-state index in [-0.39, 0.29) is 5.91 Å². The standard InChI is InChI=1S/C20H26N4O/c1-13-5-7-24(8-6-13)20(25)17-11-22-18(12-21-17)23-19-15(3)9-14(2)10-16(19)4/h9-13H,5-8H2,1-4H3,(H,22,23). The van der Waals surface area contributed by atoms with Gasteiger partial charge in [0.25, 0.3) is 5.91 Å². The molecule has 5 nitrogen and oxygen atoms in total. The number of amides is 1. The first-order valence-corrected chi connectivity index (χ1v) is 8.90. The molecule has 5 heteroatoms. The number of carbonyl (C=O) groups excluding carboxylic acids is 1. The summed E-state index contributed by atoms with van der Waals surface area (Å²) in [6.07, 6.45) is 5.33. The maximum Gasteiger partial charge on any atom is 0.274 e. The van der Waals surface area contributed by atoms with Crippen molar-refractivity contribution < 1.29 is 4.79 Å². The molecule has 1 aliphatic rings. The molecular weight excluding hydrogens is 312 g/mol. The van der Waals surface area contributed by atoms with E-state index in [9.17, 15) is 4.79 Å². The van der Waals surface area contributed by atoms with Gasteiger partial charge in [-0.15, -0.1) is 0 Å². The van der Waals surface area contributed by atoms with Gasteiger partial charge in [0.15, 0.2) is 0 Å². The summed E-state index contributed by atoms with van der Waals surface area (Å²) in [5.41, 5.74) is 5.04. The van der Waals surface area contributed by atoms with Crippen LogP contribution in [0.5, 0.6) is 0 Å². The van der Waals surface area contributed by atoms with E-state index < -0.39 is 0 Å². The Balaban J connectivity index is 1.71. The highest BCUT2D eigenvalue weighted by atomic mass is 16.2. The van der Waals surface area contributed by atoms with Crippen LogP contribution in [0.3, 0.4) is 0 Å². The number of rotatable bonds is 3. The quantitative estimate of drug-likeness (QED) is 0.918. The van der Waals surface area contributed by atoms with Crippen LogP contribution in [-0.4, -0.2) is 33.9 Å². The molecule has 0 spiro atoms. The number of piperidine rings is 1. The summed E-state index contributed by atoms with van der Waals surface area (Å²) in [5.74, 6) is 1.33. The average Bonchev–Trinajstić information content (AvgIpc) is 2.59. The van der Waals surface area contributed by atoms with Gasteiger partial charge in [0.2, 0.25) is 0 Å². The molecule has 25 heavy (non-hydrogen) atoms. The second-order valence-electron chi connectivity index (χ2n) is 7.16. The number of aromatic nitrogens is 2. The lowest BCUT2D eigenvalue weighted by Crippen LogP contribution is -2.38. The number of hydrogen-bond donors (Lipinski definition) is 1. The Morgan fingerprint density at radius 3 is 2.28 bits per heavy atom. The topological polar surface area (TPSA) is 58.1 Å². The van der Waals surface area contributed by atoms with Gasteiger partial charge in [0, 0.05) is 18.8 Å². The number of benzene rings is 1. The van der Waals surface area contributed by atoms with Crippen LogP contribution in [0.15, 0.2) is 24.5 Å². The van der Waals surface area contributed by atoms with Crippen LogP contribution in [0, 0.1) is 26.7 Å². The molecule has 1 aromatic carbocycles. The number of anilines is 2. The lowest BCUT2D eigenvalue weighted by Gasteiger charge is -2.29. The third kappa shape index (κ3) is 3.98. The summed E-state index contributed by atoms with van der Waals surface area (Å²) in [6, 6.07) is 4.27. The molecule has 0 atom stereocenters. The van der Waals surface area contributed by atoms with Crippen molar-refractivity contribution in [3.8, 4) is 0 Å². The Labute approximate surface area is 149 Å². The van der Waals surface area contributed by atoms with Gasteiger partial charge in [0.05, 0.1) is 12.4 Å². The lowest BCUT2D eigenvalue weighted by molar-refractivity contribution is 0.0691. The highest BCUT2D eigenvalue weighted by Gasteiger charge is 2.22. The summed E-state index contributed by atoms with van der Waals surface area (Å²) in [7, 11) is 0. The van der Waals surface area contributed by atoms with E-state index in [2.05, 4.69) is 55.1 Å². The molecule has 2 heterocycles. The Hall–Kier alpha value is -2.43. The van der Waals surface area contributed by atoms with E-state index in [1.54, 1.807) is 12.4 Å². The third-order valence-electron chi connectivity index (χ3n) is 4.87. The van der Waals surface area contributed by atoms with Crippen LogP contribution in [0.4, 0.5) is 11.5 Å². The smallest absolute Gasteiger partial charge is 0.274 e. The van der Waals surface area contributed by atoms with Crippen molar-refractivity contribution in [2.45, 2.75) is 40.5 Å². The number of nitrogens with one attached hydrogen (secondary N) is 1. The van der Waals surface area contributed by atoms with E-state index in [4.69, 9.17) is 0 Å². The largest absolute Gasteiger partial charge is 0.339 e. The van der Waals surface area contributed by atoms with Crippen LogP contribution in [0.25, 0.3) is 0 Å². The molecule has 0 unspecified atom stereocenters. The van der Waals surface area contributed by atoms with E-state index in [1.165, 1.54) is 16.7 Å². The molecule has 3 rings (SSSR count). The second-order valence-corrected chi connectivity index (χ2v) is 7.16. The van der Waals surface area contributed by atoms with Gasteiger partial charge in [-0.2, -0.15) is 0 Å². The number of hydrogen-bond acceptors (Lipinski definition) is 4. The van der Waals surface area contributed by atoms with E-state index in [0.29, 0.717) is 17.4 Å². The highest BCUT2D eigenvalue weighted by Crippen LogP contribution is 2.25. The predicted octanol–water partition coefficient (Wildman–Crippen LogP) is 4.02. The molecule has 1 fully saturated rings. The van der Waals surface area contributed by atoms with Gasteiger partial charge in [-0.05, 0) is 50.7 Å². The Kier molecular flexibility index (Phi) is 5.02. The molecule has 1 amide bonds. The number of carbonyl (C=O) groups is 1. The van der Waals surface area contributed by atoms with Gasteiger partial charge in [-0.3, -0.25) is 4.79 Å². The van der Waals surface area contributed by atoms with Crippen molar-refractivity contribution in [3.63, 3.8) is 0 Å². The Morgan fingerprint density at radius 1 is 1.08 bits per heavy atom. The third-order valence-corrected chi connectivity index (χ3v) is 4.87. The fourth-order valence-electron chi connectivity index (χ4n) is 3.38. The van der Waals surface area contributed by atoms with Gasteiger partial charge in [0.1, 0.15) is 11.5 Å². The van der Waals surface area contributed by atoms with Gasteiger partial charge < -0.3 is 10.2 Å². The highest BCUT2D eigenvalue weighted by molar-refractivity contribution is 5.92. The molecule has 1 aliphatic heterocycles. The van der Waals surface area contributed by atoms with E-state index >= 15 is 0 Å². The normalized spacial score (nSPS) is 15.3. The molecule has 1 aromatic heterocycles.